The fraction of sp³-hybridized carbons (Fsp3) is 0.0909. The van der Waals surface area contributed by atoms with Crippen molar-refractivity contribution >= 4 is 23.4 Å². The summed E-state index contributed by atoms with van der Waals surface area (Å²) >= 11 is 0. The van der Waals surface area contributed by atoms with Crippen LogP contribution in [0.3, 0.4) is 0 Å². The van der Waals surface area contributed by atoms with Crippen LogP contribution in [0.4, 0.5) is 29.3 Å². The number of hydrogen-bond donors (Lipinski definition) is 0. The molecule has 0 aliphatic rings. The Morgan fingerprint density at radius 3 is 2.21 bits per heavy atom. The minimum atomic E-state index is -4.68. The Morgan fingerprint density at radius 1 is 0.939 bits per heavy atom. The molecular weight excluding hydrogens is 445 g/mol. The largest absolute Gasteiger partial charge is 0.440 e. The number of amides is 1. The van der Waals surface area contributed by atoms with Crippen LogP contribution >= 0.6 is 0 Å². The quantitative estimate of drug-likeness (QED) is 0.210. The van der Waals surface area contributed by atoms with Gasteiger partial charge < -0.3 is 9.47 Å². The third-order valence-electron chi connectivity index (χ3n) is 4.29. The van der Waals surface area contributed by atoms with E-state index < -0.39 is 35.5 Å². The lowest BCUT2D eigenvalue weighted by atomic mass is 10.2. The fourth-order valence-corrected chi connectivity index (χ4v) is 2.66. The maximum atomic E-state index is 13.1. The first-order valence-corrected chi connectivity index (χ1v) is 9.28. The molecule has 3 aromatic rings. The number of non-ortho nitro benzene ring substituents is 1. The van der Waals surface area contributed by atoms with Crippen molar-refractivity contribution in [3.63, 3.8) is 0 Å². The SMILES string of the molecule is O=C(OCN(C(=O)Oc1ccc([N+](=O)[O-])cc1)c1cccc(C(F)(F)F)c1)c1ccccc1. The van der Waals surface area contributed by atoms with Crippen LogP contribution in [0.15, 0.2) is 78.9 Å². The lowest BCUT2D eigenvalue weighted by Crippen LogP contribution is -2.36. The van der Waals surface area contributed by atoms with Gasteiger partial charge in [0.2, 0.25) is 0 Å². The van der Waals surface area contributed by atoms with Crippen LogP contribution in [0.1, 0.15) is 15.9 Å². The Morgan fingerprint density at radius 2 is 1.61 bits per heavy atom. The molecule has 0 bridgehead atoms. The van der Waals surface area contributed by atoms with E-state index in [-0.39, 0.29) is 22.7 Å². The maximum absolute atomic E-state index is 13.1. The summed E-state index contributed by atoms with van der Waals surface area (Å²) in [6, 6.07) is 16.1. The van der Waals surface area contributed by atoms with Crippen LogP contribution < -0.4 is 9.64 Å². The van der Waals surface area contributed by atoms with Crippen molar-refractivity contribution in [2.45, 2.75) is 6.18 Å². The maximum Gasteiger partial charge on any atom is 0.422 e. The highest BCUT2D eigenvalue weighted by atomic mass is 19.4. The lowest BCUT2D eigenvalue weighted by Gasteiger charge is -2.22. The normalized spacial score (nSPS) is 10.9. The van der Waals surface area contributed by atoms with Crippen molar-refractivity contribution in [2.24, 2.45) is 0 Å². The minimum absolute atomic E-state index is 0.100. The summed E-state index contributed by atoms with van der Waals surface area (Å²) in [5, 5.41) is 10.8. The molecule has 0 saturated carbocycles. The van der Waals surface area contributed by atoms with Gasteiger partial charge in [-0.15, -0.1) is 0 Å². The Kier molecular flexibility index (Phi) is 6.91. The Hall–Kier alpha value is -4.41. The molecule has 11 heteroatoms. The number of alkyl halides is 3. The van der Waals surface area contributed by atoms with E-state index in [0.717, 1.165) is 36.4 Å². The molecule has 0 aromatic heterocycles. The molecule has 1 amide bonds. The first kappa shape index (κ1) is 23.3. The van der Waals surface area contributed by atoms with Gasteiger partial charge in [-0.05, 0) is 42.5 Å². The van der Waals surface area contributed by atoms with Gasteiger partial charge in [0.1, 0.15) is 5.75 Å². The Labute approximate surface area is 184 Å². The number of nitrogens with zero attached hydrogens (tertiary/aromatic N) is 2. The van der Waals surface area contributed by atoms with Crippen molar-refractivity contribution in [2.75, 3.05) is 11.6 Å². The van der Waals surface area contributed by atoms with Crippen LogP contribution in [-0.4, -0.2) is 23.7 Å². The average Bonchev–Trinajstić information content (AvgIpc) is 2.79. The molecule has 0 fully saturated rings. The number of carbonyl (C=O) groups is 2. The Balaban J connectivity index is 1.85. The summed E-state index contributed by atoms with van der Waals surface area (Å²) < 4.78 is 49.6. The van der Waals surface area contributed by atoms with Crippen LogP contribution in [-0.2, 0) is 10.9 Å². The van der Waals surface area contributed by atoms with Gasteiger partial charge >= 0.3 is 18.2 Å². The van der Waals surface area contributed by atoms with Gasteiger partial charge in [-0.1, -0.05) is 24.3 Å². The lowest BCUT2D eigenvalue weighted by molar-refractivity contribution is -0.384. The predicted octanol–water partition coefficient (Wildman–Crippen LogP) is 5.43. The number of ether oxygens (including phenoxy) is 2. The van der Waals surface area contributed by atoms with Gasteiger partial charge in [0.15, 0.2) is 6.73 Å². The zero-order valence-electron chi connectivity index (χ0n) is 16.7. The standard InChI is InChI=1S/C22H15F3N2O6/c23-22(24,25)16-7-4-8-18(13-16)26(14-32-20(28)15-5-2-1-3-6-15)21(29)33-19-11-9-17(10-12-19)27(30)31/h1-13H,14H2. The number of hydrogen-bond acceptors (Lipinski definition) is 6. The molecule has 0 heterocycles. The number of rotatable bonds is 6. The molecule has 8 nitrogen and oxygen atoms in total. The molecule has 0 spiro atoms. The predicted molar refractivity (Wildman–Crippen MR) is 110 cm³/mol. The second-order valence-corrected chi connectivity index (χ2v) is 6.52. The number of anilines is 1. The molecule has 0 radical (unpaired) electrons. The van der Waals surface area contributed by atoms with Gasteiger partial charge in [0.25, 0.3) is 5.69 Å². The summed E-state index contributed by atoms with van der Waals surface area (Å²) in [6.45, 7) is -0.749. The van der Waals surface area contributed by atoms with E-state index >= 15 is 0 Å². The molecule has 170 valence electrons. The molecule has 0 aliphatic heterocycles. The van der Waals surface area contributed by atoms with Crippen molar-refractivity contribution < 1.29 is 37.2 Å². The van der Waals surface area contributed by atoms with Gasteiger partial charge in [-0.3, -0.25) is 10.1 Å². The number of nitro groups is 1. The summed E-state index contributed by atoms with van der Waals surface area (Å²) in [4.78, 5) is 35.8. The zero-order chi connectivity index (χ0) is 24.0. The zero-order valence-corrected chi connectivity index (χ0v) is 16.7. The van der Waals surface area contributed by atoms with E-state index in [1.54, 1.807) is 18.2 Å². The molecule has 33 heavy (non-hydrogen) atoms. The van der Waals surface area contributed by atoms with Gasteiger partial charge in [0, 0.05) is 12.1 Å². The number of esters is 1. The van der Waals surface area contributed by atoms with E-state index in [1.807, 2.05) is 0 Å². The summed E-state index contributed by atoms with van der Waals surface area (Å²) in [5.41, 5.74) is -1.34. The van der Waals surface area contributed by atoms with Crippen LogP contribution in [0.2, 0.25) is 0 Å². The third-order valence-corrected chi connectivity index (χ3v) is 4.29. The van der Waals surface area contributed by atoms with Crippen molar-refractivity contribution in [1.82, 2.24) is 0 Å². The van der Waals surface area contributed by atoms with E-state index in [4.69, 9.17) is 9.47 Å². The van der Waals surface area contributed by atoms with Crippen molar-refractivity contribution in [3.05, 3.63) is 100 Å². The first-order valence-electron chi connectivity index (χ1n) is 9.28. The summed E-state index contributed by atoms with van der Waals surface area (Å²) in [5.74, 6) is -0.910. The van der Waals surface area contributed by atoms with Gasteiger partial charge in [-0.2, -0.15) is 13.2 Å². The average molecular weight is 460 g/mol. The van der Waals surface area contributed by atoms with Gasteiger partial charge in [0.05, 0.1) is 21.7 Å². The number of benzene rings is 3. The van der Waals surface area contributed by atoms with E-state index in [0.29, 0.717) is 11.0 Å². The van der Waals surface area contributed by atoms with Gasteiger partial charge in [-0.25, -0.2) is 14.5 Å². The molecule has 0 saturated heterocycles. The molecule has 3 aromatic carbocycles. The molecular formula is C22H15F3N2O6. The second kappa shape index (κ2) is 9.81. The molecule has 0 aliphatic carbocycles. The third kappa shape index (κ3) is 6.06. The molecule has 0 N–H and O–H groups in total. The van der Waals surface area contributed by atoms with Crippen LogP contribution in [0.5, 0.6) is 5.75 Å². The molecule has 0 atom stereocenters. The smallest absolute Gasteiger partial charge is 0.422 e. The van der Waals surface area contributed by atoms with Crippen LogP contribution in [0, 0.1) is 10.1 Å². The monoisotopic (exact) mass is 460 g/mol. The number of halogens is 3. The summed E-state index contributed by atoms with van der Waals surface area (Å²) in [6.07, 6.45) is -5.84. The number of nitro benzene ring substituents is 1. The van der Waals surface area contributed by atoms with E-state index in [2.05, 4.69) is 0 Å². The highest BCUT2D eigenvalue weighted by Crippen LogP contribution is 2.32. The topological polar surface area (TPSA) is 99.0 Å². The minimum Gasteiger partial charge on any atom is -0.440 e. The van der Waals surface area contributed by atoms with Crippen molar-refractivity contribution in [1.29, 1.82) is 0 Å². The highest BCUT2D eigenvalue weighted by Gasteiger charge is 2.32. The second-order valence-electron chi connectivity index (χ2n) is 6.52. The highest BCUT2D eigenvalue weighted by molar-refractivity contribution is 5.92. The first-order chi connectivity index (χ1) is 15.6. The summed E-state index contributed by atoms with van der Waals surface area (Å²) in [7, 11) is 0. The molecule has 0 unspecified atom stereocenters. The van der Waals surface area contributed by atoms with Crippen molar-refractivity contribution in [3.8, 4) is 5.75 Å². The van der Waals surface area contributed by atoms with E-state index in [9.17, 15) is 32.9 Å². The fourth-order valence-electron chi connectivity index (χ4n) is 2.66. The Bertz CT molecular complexity index is 1150. The molecule has 3 rings (SSSR count). The van der Waals surface area contributed by atoms with Crippen LogP contribution in [0.25, 0.3) is 0 Å². The number of carbonyl (C=O) groups excluding carboxylic acids is 2. The van der Waals surface area contributed by atoms with E-state index in [1.165, 1.54) is 18.2 Å².